The molecule has 1 aromatic rings. The van der Waals surface area contributed by atoms with Crippen LogP contribution in [0.25, 0.3) is 0 Å². The Bertz CT molecular complexity index is 386. The number of carbonyl (C=O) groups excluding carboxylic acids is 1. The molecule has 1 aromatic heterocycles. The van der Waals surface area contributed by atoms with E-state index in [0.29, 0.717) is 18.1 Å². The number of Topliss-reactive ketones (excluding diaryl/α,β-unsaturated/α-hetero) is 1. The zero-order valence-electron chi connectivity index (χ0n) is 9.99. The molecule has 0 amide bonds. The van der Waals surface area contributed by atoms with Gasteiger partial charge in [0.1, 0.15) is 5.78 Å². The van der Waals surface area contributed by atoms with E-state index in [4.69, 9.17) is 0 Å². The molecule has 1 saturated carbocycles. The Morgan fingerprint density at radius 2 is 2.06 bits per heavy atom. The van der Waals surface area contributed by atoms with Crippen molar-refractivity contribution in [3.8, 4) is 0 Å². The van der Waals surface area contributed by atoms with Crippen LogP contribution in [0.15, 0.2) is 22.9 Å². The molecule has 0 aromatic carbocycles. The molecule has 0 unspecified atom stereocenters. The van der Waals surface area contributed by atoms with Gasteiger partial charge in [-0.05, 0) is 33.5 Å². The van der Waals surface area contributed by atoms with E-state index in [0.717, 1.165) is 16.5 Å². The smallest absolute Gasteiger partial charge is 0.137 e. The van der Waals surface area contributed by atoms with Gasteiger partial charge in [0.05, 0.1) is 0 Å². The number of nitrogens with zero attached hydrogens (tertiary/aromatic N) is 1. The van der Waals surface area contributed by atoms with Crippen LogP contribution in [-0.2, 0) is 11.2 Å². The van der Waals surface area contributed by atoms with Crippen molar-refractivity contribution in [1.82, 2.24) is 4.98 Å². The van der Waals surface area contributed by atoms with Crippen LogP contribution < -0.4 is 0 Å². The monoisotopic (exact) mass is 295 g/mol. The number of ketones is 1. The fraction of sp³-hybridized carbons (Fsp3) is 0.571. The summed E-state index contributed by atoms with van der Waals surface area (Å²) in [6.07, 6.45) is 11.2. The summed E-state index contributed by atoms with van der Waals surface area (Å²) in [6.45, 7) is 0. The molecule has 1 aliphatic carbocycles. The summed E-state index contributed by atoms with van der Waals surface area (Å²) in [7, 11) is 0. The van der Waals surface area contributed by atoms with Crippen LogP contribution in [0.5, 0.6) is 0 Å². The molecule has 3 heteroatoms. The van der Waals surface area contributed by atoms with Crippen molar-refractivity contribution in [1.29, 1.82) is 0 Å². The van der Waals surface area contributed by atoms with E-state index in [1.54, 1.807) is 12.4 Å². The van der Waals surface area contributed by atoms with Gasteiger partial charge in [-0.1, -0.05) is 32.1 Å². The molecule has 0 atom stereocenters. The fourth-order valence-electron chi connectivity index (χ4n) is 2.57. The zero-order chi connectivity index (χ0) is 12.1. The van der Waals surface area contributed by atoms with Crippen LogP contribution in [0.1, 0.15) is 44.1 Å². The van der Waals surface area contributed by atoms with Crippen LogP contribution in [0, 0.1) is 5.92 Å². The average Bonchev–Trinajstić information content (AvgIpc) is 2.30. The summed E-state index contributed by atoms with van der Waals surface area (Å²) < 4.78 is 0.945. The van der Waals surface area contributed by atoms with Crippen LogP contribution in [0.3, 0.4) is 0 Å². The van der Waals surface area contributed by atoms with E-state index >= 15 is 0 Å². The summed E-state index contributed by atoms with van der Waals surface area (Å²) in [5.74, 6) is 0.994. The van der Waals surface area contributed by atoms with Gasteiger partial charge in [-0.25, -0.2) is 0 Å². The van der Waals surface area contributed by atoms with Gasteiger partial charge in [-0.3, -0.25) is 9.78 Å². The Balaban J connectivity index is 1.84. The first kappa shape index (κ1) is 12.7. The van der Waals surface area contributed by atoms with Crippen molar-refractivity contribution in [2.45, 2.75) is 44.9 Å². The topological polar surface area (TPSA) is 30.0 Å². The second kappa shape index (κ2) is 6.29. The van der Waals surface area contributed by atoms with Gasteiger partial charge >= 0.3 is 0 Å². The number of hydrogen-bond acceptors (Lipinski definition) is 2. The molecular weight excluding hydrogens is 278 g/mol. The molecule has 0 aliphatic heterocycles. The maximum absolute atomic E-state index is 11.9. The lowest BCUT2D eigenvalue weighted by Crippen LogP contribution is -2.13. The van der Waals surface area contributed by atoms with Gasteiger partial charge < -0.3 is 0 Å². The summed E-state index contributed by atoms with van der Waals surface area (Å²) in [6, 6.07) is 1.98. The van der Waals surface area contributed by atoms with Gasteiger partial charge in [0.15, 0.2) is 0 Å². The highest BCUT2D eigenvalue weighted by Gasteiger charge is 2.17. The molecule has 0 N–H and O–H groups in total. The summed E-state index contributed by atoms with van der Waals surface area (Å²) in [4.78, 5) is 16.0. The van der Waals surface area contributed by atoms with Crippen molar-refractivity contribution in [3.63, 3.8) is 0 Å². The van der Waals surface area contributed by atoms with Crippen LogP contribution in [0.4, 0.5) is 0 Å². The van der Waals surface area contributed by atoms with Crippen molar-refractivity contribution < 1.29 is 4.79 Å². The normalized spacial score (nSPS) is 17.0. The fourth-order valence-corrected chi connectivity index (χ4v) is 2.98. The molecule has 1 aliphatic rings. The summed E-state index contributed by atoms with van der Waals surface area (Å²) in [5, 5.41) is 0. The number of carbonyl (C=O) groups is 1. The van der Waals surface area contributed by atoms with E-state index in [1.165, 1.54) is 32.1 Å². The zero-order valence-corrected chi connectivity index (χ0v) is 11.6. The predicted molar refractivity (Wildman–Crippen MR) is 71.8 cm³/mol. The molecule has 1 fully saturated rings. The third-order valence-corrected chi connectivity index (χ3v) is 3.84. The second-order valence-electron chi connectivity index (χ2n) is 4.94. The van der Waals surface area contributed by atoms with Crippen LogP contribution >= 0.6 is 15.9 Å². The molecule has 0 radical (unpaired) electrons. The molecule has 0 saturated heterocycles. The van der Waals surface area contributed by atoms with Gasteiger partial charge in [0.25, 0.3) is 0 Å². The largest absolute Gasteiger partial charge is 0.299 e. The Hall–Kier alpha value is -0.700. The van der Waals surface area contributed by atoms with Crippen LogP contribution in [0.2, 0.25) is 0 Å². The van der Waals surface area contributed by atoms with E-state index < -0.39 is 0 Å². The van der Waals surface area contributed by atoms with Crippen molar-refractivity contribution in [3.05, 3.63) is 28.5 Å². The van der Waals surface area contributed by atoms with Crippen molar-refractivity contribution >= 4 is 21.7 Å². The highest BCUT2D eigenvalue weighted by molar-refractivity contribution is 9.10. The lowest BCUT2D eigenvalue weighted by molar-refractivity contribution is -0.119. The maximum atomic E-state index is 11.9. The highest BCUT2D eigenvalue weighted by atomic mass is 79.9. The highest BCUT2D eigenvalue weighted by Crippen LogP contribution is 2.26. The Morgan fingerprint density at radius 3 is 2.76 bits per heavy atom. The van der Waals surface area contributed by atoms with Crippen molar-refractivity contribution in [2.75, 3.05) is 0 Å². The van der Waals surface area contributed by atoms with Gasteiger partial charge in [0.2, 0.25) is 0 Å². The molecule has 0 spiro atoms. The summed E-state index contributed by atoms with van der Waals surface area (Å²) >= 11 is 3.38. The maximum Gasteiger partial charge on any atom is 0.137 e. The molecule has 0 bridgehead atoms. The lowest BCUT2D eigenvalue weighted by Gasteiger charge is -2.20. The Labute approximate surface area is 111 Å². The molecule has 2 nitrogen and oxygen atoms in total. The van der Waals surface area contributed by atoms with E-state index in [2.05, 4.69) is 20.9 Å². The minimum absolute atomic E-state index is 0.358. The number of hydrogen-bond donors (Lipinski definition) is 0. The number of pyridine rings is 1. The molecular formula is C14H18BrNO. The second-order valence-corrected chi connectivity index (χ2v) is 5.85. The first-order chi connectivity index (χ1) is 8.24. The minimum Gasteiger partial charge on any atom is -0.299 e. The van der Waals surface area contributed by atoms with E-state index in [1.807, 2.05) is 6.07 Å². The number of halogens is 1. The van der Waals surface area contributed by atoms with Crippen molar-refractivity contribution in [2.24, 2.45) is 5.92 Å². The minimum atomic E-state index is 0.358. The van der Waals surface area contributed by atoms with E-state index in [-0.39, 0.29) is 0 Å². The van der Waals surface area contributed by atoms with Gasteiger partial charge in [-0.15, -0.1) is 0 Å². The molecule has 92 valence electrons. The molecule has 2 rings (SSSR count). The third-order valence-electron chi connectivity index (χ3n) is 3.40. The Kier molecular flexibility index (Phi) is 4.72. The third kappa shape index (κ3) is 4.23. The lowest BCUT2D eigenvalue weighted by atomic mass is 9.85. The van der Waals surface area contributed by atoms with Gasteiger partial charge in [-0.2, -0.15) is 0 Å². The number of aromatic nitrogens is 1. The first-order valence-corrected chi connectivity index (χ1v) is 7.14. The molecule has 17 heavy (non-hydrogen) atoms. The quantitative estimate of drug-likeness (QED) is 0.842. The van der Waals surface area contributed by atoms with Gasteiger partial charge in [0, 0.05) is 29.7 Å². The standard InChI is InChI=1S/C14H18BrNO/c15-13-6-12(9-16-10-13)8-14(17)7-11-4-2-1-3-5-11/h6,9-11H,1-5,7-8H2. The van der Waals surface area contributed by atoms with E-state index in [9.17, 15) is 4.79 Å². The SMILES string of the molecule is O=C(Cc1cncc(Br)c1)CC1CCCCC1. The molecule has 1 heterocycles. The van der Waals surface area contributed by atoms with Crippen LogP contribution in [-0.4, -0.2) is 10.8 Å². The Morgan fingerprint density at radius 1 is 1.29 bits per heavy atom. The predicted octanol–water partition coefficient (Wildman–Crippen LogP) is 3.93. The average molecular weight is 296 g/mol. The first-order valence-electron chi connectivity index (χ1n) is 6.35. The number of rotatable bonds is 4. The summed E-state index contributed by atoms with van der Waals surface area (Å²) in [5.41, 5.74) is 1.01.